The number of carbonyl (C=O) groups is 1. The molecule has 2 aliphatic heterocycles. The Balaban J connectivity index is 1.78. The smallest absolute Gasteiger partial charge is 0.258 e. The number of nitriles is 1. The molecule has 0 fully saturated rings. The van der Waals surface area contributed by atoms with E-state index in [4.69, 9.17) is 5.26 Å². The molecule has 1 aromatic carbocycles. The summed E-state index contributed by atoms with van der Waals surface area (Å²) in [4.78, 5) is 17.2. The molecule has 1 spiro atoms. The molecule has 6 heteroatoms. The monoisotopic (exact) mass is 345 g/mol. The molecule has 6 nitrogen and oxygen atoms in total. The summed E-state index contributed by atoms with van der Waals surface area (Å²) in [6.07, 6.45) is 9.89. The summed E-state index contributed by atoms with van der Waals surface area (Å²) >= 11 is 0. The third-order valence-electron chi connectivity index (χ3n) is 5.24. The van der Waals surface area contributed by atoms with Crippen LogP contribution in [0.1, 0.15) is 21.5 Å². The lowest BCUT2D eigenvalue weighted by atomic mass is 9.84. The quantitative estimate of drug-likeness (QED) is 0.844. The Morgan fingerprint density at radius 1 is 1.42 bits per heavy atom. The maximum atomic E-state index is 13.3. The maximum absolute atomic E-state index is 13.3. The van der Waals surface area contributed by atoms with Crippen LogP contribution in [-0.2, 0) is 0 Å². The summed E-state index contributed by atoms with van der Waals surface area (Å²) in [5.74, 6) is -0.0790. The van der Waals surface area contributed by atoms with Crippen LogP contribution < -0.4 is 5.43 Å². The molecule has 1 unspecified atom stereocenters. The summed E-state index contributed by atoms with van der Waals surface area (Å²) in [6, 6.07) is 7.36. The van der Waals surface area contributed by atoms with E-state index in [0.717, 1.165) is 17.0 Å². The average Bonchev–Trinajstić information content (AvgIpc) is 3.04. The molecule has 1 aromatic rings. The number of nitrogens with one attached hydrogen (secondary N) is 1. The Kier molecular flexibility index (Phi) is 3.66. The van der Waals surface area contributed by atoms with E-state index in [1.165, 1.54) is 0 Å². The zero-order chi connectivity index (χ0) is 18.3. The molecule has 1 N–H and O–H groups in total. The number of aryl methyl sites for hydroxylation is 1. The molecule has 2 heterocycles. The van der Waals surface area contributed by atoms with E-state index in [-0.39, 0.29) is 5.91 Å². The number of likely N-dealkylation sites (N-methyl/N-ethyl adjacent to an activating group) is 1. The fourth-order valence-electron chi connectivity index (χ4n) is 3.79. The number of hydrazone groups is 1. The summed E-state index contributed by atoms with van der Waals surface area (Å²) in [5.41, 5.74) is 6.37. The first kappa shape index (κ1) is 16.2. The number of hydrogen-bond donors (Lipinski definition) is 1. The van der Waals surface area contributed by atoms with Crippen molar-refractivity contribution in [3.05, 3.63) is 71.1 Å². The largest absolute Gasteiger partial charge is 0.363 e. The molecular formula is C20H19N5O. The predicted molar refractivity (Wildman–Crippen MR) is 99.2 cm³/mol. The number of amides is 1. The van der Waals surface area contributed by atoms with Crippen molar-refractivity contribution in [2.24, 2.45) is 5.10 Å². The molecule has 26 heavy (non-hydrogen) atoms. The van der Waals surface area contributed by atoms with Crippen molar-refractivity contribution in [1.29, 1.82) is 5.26 Å². The van der Waals surface area contributed by atoms with Gasteiger partial charge in [0.1, 0.15) is 5.54 Å². The second-order valence-electron chi connectivity index (χ2n) is 6.66. The van der Waals surface area contributed by atoms with Crippen LogP contribution >= 0.6 is 0 Å². The van der Waals surface area contributed by atoms with E-state index in [0.29, 0.717) is 24.2 Å². The number of benzene rings is 1. The van der Waals surface area contributed by atoms with Gasteiger partial charge in [-0.2, -0.15) is 10.4 Å². The van der Waals surface area contributed by atoms with E-state index in [1.807, 2.05) is 44.5 Å². The fraction of sp³-hybridized carbons (Fsp3) is 0.250. The minimum absolute atomic E-state index is 0.0790. The summed E-state index contributed by atoms with van der Waals surface area (Å²) in [7, 11) is 2.01. The molecule has 1 aliphatic carbocycles. The molecule has 0 aromatic heterocycles. The molecule has 0 bridgehead atoms. The molecule has 0 saturated heterocycles. The SMILES string of the molecule is Cc1cc(C(=O)N2CC=CN(C)C34CNN=C3C=CC=C24)ccc1C#N. The van der Waals surface area contributed by atoms with E-state index in [1.54, 1.807) is 23.1 Å². The summed E-state index contributed by atoms with van der Waals surface area (Å²) in [6.45, 7) is 2.94. The van der Waals surface area contributed by atoms with Gasteiger partial charge in [0, 0.05) is 19.2 Å². The minimum atomic E-state index is -0.487. The second kappa shape index (κ2) is 5.88. The molecule has 1 amide bonds. The van der Waals surface area contributed by atoms with E-state index in [9.17, 15) is 4.79 Å². The highest BCUT2D eigenvalue weighted by atomic mass is 16.2. The topological polar surface area (TPSA) is 71.7 Å². The predicted octanol–water partition coefficient (Wildman–Crippen LogP) is 1.92. The highest BCUT2D eigenvalue weighted by Crippen LogP contribution is 2.36. The van der Waals surface area contributed by atoms with Crippen LogP contribution in [0.3, 0.4) is 0 Å². The van der Waals surface area contributed by atoms with Crippen molar-refractivity contribution in [2.45, 2.75) is 12.5 Å². The van der Waals surface area contributed by atoms with Gasteiger partial charge in [0.05, 0.1) is 29.6 Å². The average molecular weight is 345 g/mol. The van der Waals surface area contributed by atoms with Crippen LogP contribution in [-0.4, -0.2) is 47.1 Å². The van der Waals surface area contributed by atoms with Crippen LogP contribution in [0.25, 0.3) is 0 Å². The third kappa shape index (κ3) is 2.17. The first-order valence-electron chi connectivity index (χ1n) is 8.50. The Morgan fingerprint density at radius 3 is 3.04 bits per heavy atom. The fourth-order valence-corrected chi connectivity index (χ4v) is 3.79. The Bertz CT molecular complexity index is 949. The first-order valence-corrected chi connectivity index (χ1v) is 8.50. The van der Waals surface area contributed by atoms with Gasteiger partial charge in [-0.05, 0) is 55.1 Å². The zero-order valence-electron chi connectivity index (χ0n) is 14.7. The van der Waals surface area contributed by atoms with Crippen molar-refractivity contribution in [1.82, 2.24) is 15.2 Å². The summed E-state index contributed by atoms with van der Waals surface area (Å²) < 4.78 is 0. The standard InChI is InChI=1S/C20H19N5O/c1-14-11-15(7-8-16(14)12-21)19(26)25-10-4-9-24(2)20-13-22-23-17(20)5-3-6-18(20)25/h3-9,11,22H,10,13H2,1-2H3. The molecule has 4 rings (SSSR count). The zero-order valence-corrected chi connectivity index (χ0v) is 14.7. The summed E-state index contributed by atoms with van der Waals surface area (Å²) in [5, 5.41) is 13.5. The highest BCUT2D eigenvalue weighted by molar-refractivity contribution is 6.09. The number of hydrogen-bond acceptors (Lipinski definition) is 5. The normalized spacial score (nSPS) is 23.3. The van der Waals surface area contributed by atoms with Crippen molar-refractivity contribution in [3.8, 4) is 6.07 Å². The maximum Gasteiger partial charge on any atom is 0.258 e. The van der Waals surface area contributed by atoms with Gasteiger partial charge in [0.2, 0.25) is 0 Å². The molecule has 0 radical (unpaired) electrons. The second-order valence-corrected chi connectivity index (χ2v) is 6.66. The lowest BCUT2D eigenvalue weighted by molar-refractivity contribution is 0.0795. The van der Waals surface area contributed by atoms with Gasteiger partial charge < -0.3 is 15.2 Å². The number of allylic oxidation sites excluding steroid dienone is 2. The Labute approximate surface area is 152 Å². The number of nitrogens with zero attached hydrogens (tertiary/aromatic N) is 4. The third-order valence-corrected chi connectivity index (χ3v) is 5.24. The van der Waals surface area contributed by atoms with Crippen molar-refractivity contribution >= 4 is 11.6 Å². The molecule has 1 atom stereocenters. The van der Waals surface area contributed by atoms with Gasteiger partial charge in [-0.25, -0.2) is 0 Å². The Hall–Kier alpha value is -3.33. The first-order chi connectivity index (χ1) is 12.6. The van der Waals surface area contributed by atoms with Crippen LogP contribution in [0.5, 0.6) is 0 Å². The van der Waals surface area contributed by atoms with Gasteiger partial charge >= 0.3 is 0 Å². The van der Waals surface area contributed by atoms with Crippen molar-refractivity contribution in [3.63, 3.8) is 0 Å². The van der Waals surface area contributed by atoms with Gasteiger partial charge in [0.15, 0.2) is 0 Å². The molecular weight excluding hydrogens is 326 g/mol. The molecule has 0 saturated carbocycles. The molecule has 3 aliphatic rings. The van der Waals surface area contributed by atoms with Crippen molar-refractivity contribution < 1.29 is 4.79 Å². The van der Waals surface area contributed by atoms with Gasteiger partial charge in [-0.1, -0.05) is 6.08 Å². The van der Waals surface area contributed by atoms with Crippen LogP contribution in [0.2, 0.25) is 0 Å². The van der Waals surface area contributed by atoms with E-state index < -0.39 is 5.54 Å². The van der Waals surface area contributed by atoms with E-state index in [2.05, 4.69) is 21.5 Å². The number of rotatable bonds is 1. The van der Waals surface area contributed by atoms with Crippen LogP contribution in [0.4, 0.5) is 0 Å². The molecule has 130 valence electrons. The van der Waals surface area contributed by atoms with Crippen LogP contribution in [0, 0.1) is 18.3 Å². The van der Waals surface area contributed by atoms with Gasteiger partial charge in [-0.15, -0.1) is 0 Å². The lowest BCUT2D eigenvalue weighted by Crippen LogP contribution is -2.57. The minimum Gasteiger partial charge on any atom is -0.363 e. The van der Waals surface area contributed by atoms with Crippen LogP contribution in [0.15, 0.2) is 59.5 Å². The van der Waals surface area contributed by atoms with Crippen molar-refractivity contribution in [2.75, 3.05) is 20.1 Å². The van der Waals surface area contributed by atoms with E-state index >= 15 is 0 Å². The number of carbonyl (C=O) groups excluding carboxylic acids is 1. The van der Waals surface area contributed by atoms with Gasteiger partial charge in [-0.3, -0.25) is 4.79 Å². The van der Waals surface area contributed by atoms with Gasteiger partial charge in [0.25, 0.3) is 5.91 Å². The Morgan fingerprint density at radius 2 is 2.27 bits per heavy atom. The lowest BCUT2D eigenvalue weighted by Gasteiger charge is -2.42. The highest BCUT2D eigenvalue weighted by Gasteiger charge is 2.49.